The van der Waals surface area contributed by atoms with E-state index in [0.29, 0.717) is 6.10 Å². The molecule has 0 unspecified atom stereocenters. The molecule has 0 aliphatic heterocycles. The van der Waals surface area contributed by atoms with Crippen LogP contribution >= 0.6 is 0 Å². The van der Waals surface area contributed by atoms with E-state index < -0.39 is 0 Å². The number of hydrogen-bond donors (Lipinski definition) is 0. The molecule has 0 N–H and O–H groups in total. The zero-order valence-corrected chi connectivity index (χ0v) is 10.3. The molecule has 1 aromatic carbocycles. The molecule has 1 fully saturated rings. The molecule has 0 saturated heterocycles. The Balaban J connectivity index is 2.00. The van der Waals surface area contributed by atoms with Crippen molar-refractivity contribution >= 4 is 6.08 Å². The second kappa shape index (κ2) is 6.29. The summed E-state index contributed by atoms with van der Waals surface area (Å²) in [6.45, 7) is 3.83. The van der Waals surface area contributed by atoms with E-state index in [9.17, 15) is 0 Å². The van der Waals surface area contributed by atoms with Crippen LogP contribution in [0.5, 0.6) is 0 Å². The van der Waals surface area contributed by atoms with Crippen molar-refractivity contribution in [1.82, 2.24) is 0 Å². The lowest BCUT2D eigenvalue weighted by Crippen LogP contribution is -2.15. The topological polar surface area (TPSA) is 9.23 Å². The van der Waals surface area contributed by atoms with Gasteiger partial charge in [0.15, 0.2) is 0 Å². The van der Waals surface area contributed by atoms with E-state index in [0.717, 1.165) is 5.76 Å². The Bertz CT molecular complexity index is 372. The second-order valence-corrected chi connectivity index (χ2v) is 4.54. The van der Waals surface area contributed by atoms with Crippen LogP contribution in [0.4, 0.5) is 0 Å². The fraction of sp³-hybridized carbons (Fsp3) is 0.375. The maximum Gasteiger partial charge on any atom is 0.119 e. The van der Waals surface area contributed by atoms with E-state index in [-0.39, 0.29) is 0 Å². The third kappa shape index (κ3) is 3.77. The monoisotopic (exact) mass is 228 g/mol. The van der Waals surface area contributed by atoms with E-state index >= 15 is 0 Å². The van der Waals surface area contributed by atoms with Crippen LogP contribution < -0.4 is 0 Å². The normalized spacial score (nSPS) is 17.8. The van der Waals surface area contributed by atoms with E-state index in [4.69, 9.17) is 4.74 Å². The molecule has 1 aromatic rings. The molecule has 0 atom stereocenters. The molecule has 0 heterocycles. The number of benzene rings is 1. The summed E-state index contributed by atoms with van der Waals surface area (Å²) in [5.41, 5.74) is 1.17. The van der Waals surface area contributed by atoms with Crippen molar-refractivity contribution in [3.63, 3.8) is 0 Å². The van der Waals surface area contributed by atoms with Crippen LogP contribution in [-0.4, -0.2) is 6.10 Å². The van der Waals surface area contributed by atoms with Crippen molar-refractivity contribution in [3.8, 4) is 0 Å². The van der Waals surface area contributed by atoms with Crippen LogP contribution in [0.2, 0.25) is 0 Å². The summed E-state index contributed by atoms with van der Waals surface area (Å²) in [4.78, 5) is 0. The molecule has 1 nitrogen and oxygen atoms in total. The fourth-order valence-corrected chi connectivity index (χ4v) is 2.23. The molecular weight excluding hydrogens is 208 g/mol. The van der Waals surface area contributed by atoms with Crippen LogP contribution in [0.15, 0.2) is 48.7 Å². The quantitative estimate of drug-likeness (QED) is 0.542. The maximum atomic E-state index is 5.99. The van der Waals surface area contributed by atoms with Gasteiger partial charge in [-0.2, -0.15) is 0 Å². The summed E-state index contributed by atoms with van der Waals surface area (Å²) in [6.07, 6.45) is 10.5. The maximum absolute atomic E-state index is 5.99. The zero-order valence-electron chi connectivity index (χ0n) is 10.3. The predicted octanol–water partition coefficient (Wildman–Crippen LogP) is 4.56. The Labute approximate surface area is 104 Å². The minimum atomic E-state index is 0.386. The van der Waals surface area contributed by atoms with Gasteiger partial charge in [-0.25, -0.2) is 0 Å². The summed E-state index contributed by atoms with van der Waals surface area (Å²) < 4.78 is 5.99. The second-order valence-electron chi connectivity index (χ2n) is 4.54. The van der Waals surface area contributed by atoms with Gasteiger partial charge in [0.1, 0.15) is 5.76 Å². The molecular formula is C16H20O. The Kier molecular flexibility index (Phi) is 4.43. The first-order valence-electron chi connectivity index (χ1n) is 6.44. The van der Waals surface area contributed by atoms with E-state index in [2.05, 4.69) is 24.8 Å². The van der Waals surface area contributed by atoms with E-state index in [1.807, 2.05) is 24.3 Å². The molecule has 0 aromatic heterocycles. The van der Waals surface area contributed by atoms with Gasteiger partial charge >= 0.3 is 0 Å². The molecule has 1 aliphatic carbocycles. The van der Waals surface area contributed by atoms with Gasteiger partial charge in [0.05, 0.1) is 6.10 Å². The Morgan fingerprint density at radius 2 is 1.82 bits per heavy atom. The highest BCUT2D eigenvalue weighted by molar-refractivity contribution is 5.53. The van der Waals surface area contributed by atoms with Crippen LogP contribution in [0, 0.1) is 0 Å². The molecule has 1 heteroatoms. The smallest absolute Gasteiger partial charge is 0.119 e. The summed E-state index contributed by atoms with van der Waals surface area (Å²) in [7, 11) is 0. The third-order valence-corrected chi connectivity index (χ3v) is 3.16. The largest absolute Gasteiger partial charge is 0.490 e. The van der Waals surface area contributed by atoms with E-state index in [1.54, 1.807) is 0 Å². The average molecular weight is 228 g/mol. The highest BCUT2D eigenvalue weighted by atomic mass is 16.5. The van der Waals surface area contributed by atoms with Crippen molar-refractivity contribution in [3.05, 3.63) is 54.3 Å². The lowest BCUT2D eigenvalue weighted by Gasteiger charge is -2.23. The summed E-state index contributed by atoms with van der Waals surface area (Å²) >= 11 is 0. The highest BCUT2D eigenvalue weighted by Gasteiger charge is 2.14. The van der Waals surface area contributed by atoms with Crippen LogP contribution in [0.25, 0.3) is 6.08 Å². The van der Waals surface area contributed by atoms with Gasteiger partial charge in [-0.15, -0.1) is 0 Å². The number of hydrogen-bond acceptors (Lipinski definition) is 1. The number of allylic oxidation sites excluding steroid dienone is 1. The molecule has 17 heavy (non-hydrogen) atoms. The number of rotatable bonds is 4. The molecule has 0 amide bonds. The summed E-state index contributed by atoms with van der Waals surface area (Å²) in [5.74, 6) is 0.892. The van der Waals surface area contributed by atoms with Crippen LogP contribution in [0.3, 0.4) is 0 Å². The average Bonchev–Trinajstić information content (AvgIpc) is 2.40. The van der Waals surface area contributed by atoms with Gasteiger partial charge in [-0.05, 0) is 43.4 Å². The fourth-order valence-electron chi connectivity index (χ4n) is 2.23. The van der Waals surface area contributed by atoms with Gasteiger partial charge in [0.25, 0.3) is 0 Å². The zero-order chi connectivity index (χ0) is 11.9. The Morgan fingerprint density at radius 3 is 2.47 bits per heavy atom. The van der Waals surface area contributed by atoms with Gasteiger partial charge in [0.2, 0.25) is 0 Å². The van der Waals surface area contributed by atoms with Gasteiger partial charge < -0.3 is 4.74 Å². The van der Waals surface area contributed by atoms with E-state index in [1.165, 1.54) is 37.7 Å². The lowest BCUT2D eigenvalue weighted by molar-refractivity contribution is 0.0920. The molecule has 1 aliphatic rings. The minimum Gasteiger partial charge on any atom is -0.490 e. The molecule has 0 radical (unpaired) electrons. The standard InChI is InChI=1S/C16H20O/c1-2-15(13-14-9-5-3-6-10-14)17-16-11-7-4-8-12-16/h2-3,5-6,9-10,13,16H,1,4,7-8,11-12H2/b15-13-. The predicted molar refractivity (Wildman–Crippen MR) is 72.6 cm³/mol. The van der Waals surface area contributed by atoms with Gasteiger partial charge in [-0.1, -0.05) is 43.3 Å². The third-order valence-electron chi connectivity index (χ3n) is 3.16. The first-order chi connectivity index (χ1) is 8.38. The van der Waals surface area contributed by atoms with Crippen molar-refractivity contribution in [2.45, 2.75) is 38.2 Å². The Hall–Kier alpha value is -1.50. The Morgan fingerprint density at radius 1 is 1.12 bits per heavy atom. The summed E-state index contributed by atoms with van der Waals surface area (Å²) in [6, 6.07) is 10.2. The molecule has 90 valence electrons. The highest BCUT2D eigenvalue weighted by Crippen LogP contribution is 2.23. The summed E-state index contributed by atoms with van der Waals surface area (Å²) in [5, 5.41) is 0. The molecule has 1 saturated carbocycles. The molecule has 0 bridgehead atoms. The van der Waals surface area contributed by atoms with Crippen LogP contribution in [-0.2, 0) is 4.74 Å². The van der Waals surface area contributed by atoms with Crippen LogP contribution in [0.1, 0.15) is 37.7 Å². The minimum absolute atomic E-state index is 0.386. The molecule has 2 rings (SSSR count). The number of ether oxygens (including phenoxy) is 1. The first kappa shape index (κ1) is 12.0. The molecule has 0 spiro atoms. The van der Waals surface area contributed by atoms with Crippen molar-refractivity contribution in [2.75, 3.05) is 0 Å². The van der Waals surface area contributed by atoms with Crippen molar-refractivity contribution in [2.24, 2.45) is 0 Å². The van der Waals surface area contributed by atoms with Gasteiger partial charge in [0, 0.05) is 0 Å². The SMILES string of the molecule is C=C/C(=C/c1ccccc1)OC1CCCCC1. The van der Waals surface area contributed by atoms with Crippen molar-refractivity contribution < 1.29 is 4.74 Å². The van der Waals surface area contributed by atoms with Crippen molar-refractivity contribution in [1.29, 1.82) is 0 Å². The lowest BCUT2D eigenvalue weighted by atomic mass is 9.98. The first-order valence-corrected chi connectivity index (χ1v) is 6.44. The van der Waals surface area contributed by atoms with Gasteiger partial charge in [-0.3, -0.25) is 0 Å².